The molecule has 0 N–H and O–H groups in total. The van der Waals surface area contributed by atoms with Gasteiger partial charge in [-0.1, -0.05) is 219 Å². The molecule has 1 heterocycles. The molecule has 0 fully saturated rings. The molecular formula is C66H57NS. The maximum absolute atomic E-state index is 2.55. The van der Waals surface area contributed by atoms with Crippen LogP contribution < -0.4 is 4.90 Å². The molecule has 0 amide bonds. The molecule has 0 saturated carbocycles. The SMILES string of the molecule is CC(C)(C)c1cc(C(C)(C)C)c2sc3c4c(ccc3c2c1)C(C)(C)c1cccc(N(c2ccc(-c3ccccc3)cc2)c2cccc(C3(c5ccccc5)c5ccccc5-c5ccccc53)c2)c1-4. The second-order valence-corrected chi connectivity index (χ2v) is 22.7. The molecule has 0 bridgehead atoms. The van der Waals surface area contributed by atoms with E-state index in [0.29, 0.717) is 0 Å². The smallest absolute Gasteiger partial charge is 0.0714 e. The van der Waals surface area contributed by atoms with Gasteiger partial charge in [-0.05, 0) is 114 Å². The van der Waals surface area contributed by atoms with Gasteiger partial charge in [0.15, 0.2) is 0 Å². The van der Waals surface area contributed by atoms with Gasteiger partial charge in [-0.2, -0.15) is 0 Å². The van der Waals surface area contributed by atoms with Crippen LogP contribution in [0.5, 0.6) is 0 Å². The Labute approximate surface area is 406 Å². The molecule has 0 radical (unpaired) electrons. The van der Waals surface area contributed by atoms with Gasteiger partial charge in [0.05, 0.1) is 11.1 Å². The Morgan fingerprint density at radius 1 is 0.412 bits per heavy atom. The Kier molecular flexibility index (Phi) is 9.50. The Bertz CT molecular complexity index is 3550. The van der Waals surface area contributed by atoms with Gasteiger partial charge >= 0.3 is 0 Å². The van der Waals surface area contributed by atoms with Crippen LogP contribution in [0.4, 0.5) is 17.1 Å². The van der Waals surface area contributed by atoms with E-state index in [-0.39, 0.29) is 16.2 Å². The largest absolute Gasteiger partial charge is 0.310 e. The van der Waals surface area contributed by atoms with E-state index in [1.165, 1.54) is 104 Å². The first-order valence-corrected chi connectivity index (χ1v) is 25.1. The highest BCUT2D eigenvalue weighted by atomic mass is 32.1. The molecule has 0 unspecified atom stereocenters. The van der Waals surface area contributed by atoms with Gasteiger partial charge in [-0.25, -0.2) is 0 Å². The molecule has 12 rings (SSSR count). The van der Waals surface area contributed by atoms with E-state index in [1.807, 2.05) is 11.3 Å². The van der Waals surface area contributed by atoms with Crippen LogP contribution in [0.2, 0.25) is 0 Å². The molecule has 0 spiro atoms. The maximum atomic E-state index is 2.55. The van der Waals surface area contributed by atoms with Crippen molar-refractivity contribution in [2.75, 3.05) is 4.90 Å². The van der Waals surface area contributed by atoms with Crippen LogP contribution in [0, 0.1) is 0 Å². The molecule has 332 valence electrons. The summed E-state index contributed by atoms with van der Waals surface area (Å²) >= 11 is 2.00. The number of fused-ring (bicyclic) bond motifs is 10. The van der Waals surface area contributed by atoms with E-state index in [1.54, 1.807) is 0 Å². The summed E-state index contributed by atoms with van der Waals surface area (Å²) in [5, 5.41) is 2.72. The first-order valence-electron chi connectivity index (χ1n) is 24.3. The zero-order valence-corrected chi connectivity index (χ0v) is 41.2. The Balaban J connectivity index is 1.14. The lowest BCUT2D eigenvalue weighted by atomic mass is 9.67. The van der Waals surface area contributed by atoms with Gasteiger partial charge in [0, 0.05) is 48.1 Å². The highest BCUT2D eigenvalue weighted by Gasteiger charge is 2.46. The third-order valence-electron chi connectivity index (χ3n) is 15.2. The summed E-state index contributed by atoms with van der Waals surface area (Å²) in [6.07, 6.45) is 0. The van der Waals surface area contributed by atoms with Crippen molar-refractivity contribution in [3.05, 3.63) is 245 Å². The van der Waals surface area contributed by atoms with E-state index in [0.717, 1.165) is 11.4 Å². The van der Waals surface area contributed by atoms with Crippen molar-refractivity contribution in [1.82, 2.24) is 0 Å². The zero-order chi connectivity index (χ0) is 46.7. The minimum Gasteiger partial charge on any atom is -0.310 e. The summed E-state index contributed by atoms with van der Waals surface area (Å²) in [7, 11) is 0. The predicted octanol–water partition coefficient (Wildman–Crippen LogP) is 18.5. The van der Waals surface area contributed by atoms with Crippen molar-refractivity contribution in [2.45, 2.75) is 77.0 Å². The monoisotopic (exact) mass is 895 g/mol. The third-order valence-corrected chi connectivity index (χ3v) is 16.5. The van der Waals surface area contributed by atoms with Crippen molar-refractivity contribution in [3.8, 4) is 33.4 Å². The van der Waals surface area contributed by atoms with Crippen LogP contribution in [0.15, 0.2) is 200 Å². The minimum atomic E-state index is -0.527. The van der Waals surface area contributed by atoms with E-state index in [9.17, 15) is 0 Å². The second-order valence-electron chi connectivity index (χ2n) is 21.7. The summed E-state index contributed by atoms with van der Waals surface area (Å²) in [5.74, 6) is 0. The summed E-state index contributed by atoms with van der Waals surface area (Å²) < 4.78 is 2.78. The van der Waals surface area contributed by atoms with Crippen molar-refractivity contribution in [3.63, 3.8) is 0 Å². The highest BCUT2D eigenvalue weighted by molar-refractivity contribution is 7.26. The molecule has 2 aliphatic rings. The van der Waals surface area contributed by atoms with E-state index in [4.69, 9.17) is 0 Å². The molecule has 0 saturated heterocycles. The number of rotatable bonds is 6. The summed E-state index contributed by atoms with van der Waals surface area (Å²) in [6.45, 7) is 19.0. The first-order chi connectivity index (χ1) is 32.8. The van der Waals surface area contributed by atoms with Crippen LogP contribution in [0.1, 0.15) is 99.9 Å². The average molecular weight is 896 g/mol. The molecule has 1 nitrogen and oxygen atoms in total. The zero-order valence-electron chi connectivity index (χ0n) is 40.4. The Morgan fingerprint density at radius 2 is 0.985 bits per heavy atom. The summed E-state index contributed by atoms with van der Waals surface area (Å²) in [4.78, 5) is 2.55. The van der Waals surface area contributed by atoms with Crippen LogP contribution in [0.25, 0.3) is 53.6 Å². The molecule has 9 aromatic carbocycles. The number of thiophene rings is 1. The molecule has 2 aliphatic carbocycles. The number of benzene rings is 9. The van der Waals surface area contributed by atoms with Crippen molar-refractivity contribution < 1.29 is 0 Å². The van der Waals surface area contributed by atoms with Gasteiger partial charge in [0.2, 0.25) is 0 Å². The van der Waals surface area contributed by atoms with E-state index >= 15 is 0 Å². The van der Waals surface area contributed by atoms with E-state index < -0.39 is 5.41 Å². The van der Waals surface area contributed by atoms with Crippen molar-refractivity contribution in [2.24, 2.45) is 0 Å². The van der Waals surface area contributed by atoms with Crippen LogP contribution in [0.3, 0.4) is 0 Å². The maximum Gasteiger partial charge on any atom is 0.0714 e. The lowest BCUT2D eigenvalue weighted by molar-refractivity contribution is 0.573. The third kappa shape index (κ3) is 6.26. The van der Waals surface area contributed by atoms with Gasteiger partial charge in [0.1, 0.15) is 0 Å². The number of anilines is 3. The lowest BCUT2D eigenvalue weighted by Crippen LogP contribution is -2.28. The summed E-state index contributed by atoms with van der Waals surface area (Å²) in [5.41, 5.74) is 21.1. The van der Waals surface area contributed by atoms with Gasteiger partial charge in [-0.3, -0.25) is 0 Å². The van der Waals surface area contributed by atoms with Crippen LogP contribution in [-0.4, -0.2) is 0 Å². The lowest BCUT2D eigenvalue weighted by Gasteiger charge is -2.35. The fourth-order valence-electron chi connectivity index (χ4n) is 11.8. The molecule has 10 aromatic rings. The standard InChI is InChI=1S/C66H57NS/c1-63(2,3)46-40-52-51-37-38-56-60(62(51)68-61(52)57(41-46)64(4,5)6)59-55(65(56,7)8)31-20-32-58(59)67(47-35-33-43(34-36-47)42-21-11-9-12-22-42)48-26-19-25-45(39-48)66(44-23-13-10-14-24-44)53-29-17-15-27-49(53)50-28-16-18-30-54(50)66/h9-41H,1-8H3. The quantitative estimate of drug-likeness (QED) is 0.161. The summed E-state index contributed by atoms with van der Waals surface area (Å²) in [6, 6.07) is 75.6. The fraction of sp³-hybridized carbons (Fsp3) is 0.182. The Morgan fingerprint density at radius 3 is 1.65 bits per heavy atom. The van der Waals surface area contributed by atoms with E-state index in [2.05, 4.69) is 260 Å². The molecule has 0 aliphatic heterocycles. The predicted molar refractivity (Wildman–Crippen MR) is 292 cm³/mol. The molecular weight excluding hydrogens is 839 g/mol. The number of hydrogen-bond donors (Lipinski definition) is 0. The minimum absolute atomic E-state index is 0.0168. The molecule has 2 heteroatoms. The van der Waals surface area contributed by atoms with Gasteiger partial charge < -0.3 is 4.90 Å². The molecule has 68 heavy (non-hydrogen) atoms. The van der Waals surface area contributed by atoms with Gasteiger partial charge in [0.25, 0.3) is 0 Å². The van der Waals surface area contributed by atoms with Crippen molar-refractivity contribution in [1.29, 1.82) is 0 Å². The van der Waals surface area contributed by atoms with Crippen molar-refractivity contribution >= 4 is 48.6 Å². The Hall–Kier alpha value is -7.00. The fourth-order valence-corrected chi connectivity index (χ4v) is 13.4. The second kappa shape index (κ2) is 15.3. The first kappa shape index (κ1) is 42.4. The number of hydrogen-bond acceptors (Lipinski definition) is 2. The van der Waals surface area contributed by atoms with Gasteiger partial charge in [-0.15, -0.1) is 11.3 Å². The number of nitrogens with zero attached hydrogens (tertiary/aromatic N) is 1. The van der Waals surface area contributed by atoms with Crippen LogP contribution >= 0.6 is 11.3 Å². The molecule has 1 aromatic heterocycles. The highest BCUT2D eigenvalue weighted by Crippen LogP contribution is 2.60. The molecule has 0 atom stereocenters. The normalized spacial score (nSPS) is 14.4. The van der Waals surface area contributed by atoms with Crippen LogP contribution in [-0.2, 0) is 21.7 Å². The average Bonchev–Trinajstić information content (AvgIpc) is 3.96. The topological polar surface area (TPSA) is 3.24 Å².